The molecule has 0 N–H and O–H groups in total. The fraction of sp³-hybridized carbons (Fsp3) is 0.692. The lowest BCUT2D eigenvalue weighted by Crippen LogP contribution is -2.17. The van der Waals surface area contributed by atoms with Crippen molar-refractivity contribution in [3.8, 4) is 6.01 Å². The van der Waals surface area contributed by atoms with Crippen LogP contribution in [0.25, 0.3) is 0 Å². The Morgan fingerprint density at radius 1 is 1.25 bits per heavy atom. The number of ether oxygens (including phenoxy) is 1. The van der Waals surface area contributed by atoms with E-state index < -0.39 is 0 Å². The number of hydrogen-bond acceptors (Lipinski definition) is 3. The maximum Gasteiger partial charge on any atom is 0.316 e. The highest BCUT2D eigenvalue weighted by Gasteiger charge is 2.30. The van der Waals surface area contributed by atoms with Gasteiger partial charge in [-0.3, -0.25) is 0 Å². The van der Waals surface area contributed by atoms with Crippen LogP contribution >= 0.6 is 0 Å². The molecule has 1 atom stereocenters. The molecule has 0 amide bonds. The minimum atomic E-state index is 0.0979. The SMILES string of the molecule is CC(Oc1ncc(C(C)(C)C)cn1)C1CC1. The molecule has 0 aromatic carbocycles. The highest BCUT2D eigenvalue weighted by atomic mass is 16.5. The van der Waals surface area contributed by atoms with E-state index in [2.05, 4.69) is 37.7 Å². The fourth-order valence-corrected chi connectivity index (χ4v) is 1.59. The van der Waals surface area contributed by atoms with Crippen LogP contribution < -0.4 is 4.74 Å². The molecule has 0 bridgehead atoms. The molecule has 0 aliphatic heterocycles. The first-order chi connectivity index (χ1) is 7.47. The molecule has 1 aromatic rings. The van der Waals surface area contributed by atoms with Crippen molar-refractivity contribution in [1.29, 1.82) is 0 Å². The second-order valence-electron chi connectivity index (χ2n) is 5.66. The third-order valence-electron chi connectivity index (χ3n) is 3.07. The van der Waals surface area contributed by atoms with Gasteiger partial charge in [0.25, 0.3) is 0 Å². The molecule has 0 saturated heterocycles. The average molecular weight is 220 g/mol. The van der Waals surface area contributed by atoms with Gasteiger partial charge < -0.3 is 4.74 Å². The van der Waals surface area contributed by atoms with Gasteiger partial charge in [0.05, 0.1) is 0 Å². The van der Waals surface area contributed by atoms with Crippen LogP contribution in [0.3, 0.4) is 0 Å². The van der Waals surface area contributed by atoms with Crippen molar-refractivity contribution in [2.75, 3.05) is 0 Å². The molecule has 2 rings (SSSR count). The lowest BCUT2D eigenvalue weighted by molar-refractivity contribution is 0.181. The van der Waals surface area contributed by atoms with E-state index >= 15 is 0 Å². The molecule has 1 heterocycles. The molecular weight excluding hydrogens is 200 g/mol. The Morgan fingerprint density at radius 3 is 2.25 bits per heavy atom. The van der Waals surface area contributed by atoms with Gasteiger partial charge in [-0.25, -0.2) is 9.97 Å². The molecule has 16 heavy (non-hydrogen) atoms. The van der Waals surface area contributed by atoms with Crippen molar-refractivity contribution in [3.05, 3.63) is 18.0 Å². The van der Waals surface area contributed by atoms with Crippen LogP contribution in [0.4, 0.5) is 0 Å². The molecule has 1 aromatic heterocycles. The maximum absolute atomic E-state index is 5.68. The second-order valence-corrected chi connectivity index (χ2v) is 5.66. The van der Waals surface area contributed by atoms with E-state index in [9.17, 15) is 0 Å². The summed E-state index contributed by atoms with van der Waals surface area (Å²) >= 11 is 0. The van der Waals surface area contributed by atoms with Crippen LogP contribution in [-0.2, 0) is 5.41 Å². The Morgan fingerprint density at radius 2 is 1.81 bits per heavy atom. The minimum absolute atomic E-state index is 0.0979. The Kier molecular flexibility index (Phi) is 2.87. The molecule has 88 valence electrons. The van der Waals surface area contributed by atoms with Crippen molar-refractivity contribution >= 4 is 0 Å². The number of rotatable bonds is 3. The van der Waals surface area contributed by atoms with Gasteiger partial charge >= 0.3 is 6.01 Å². The third-order valence-corrected chi connectivity index (χ3v) is 3.07. The zero-order chi connectivity index (χ0) is 11.8. The summed E-state index contributed by atoms with van der Waals surface area (Å²) in [5.41, 5.74) is 1.24. The predicted octanol–water partition coefficient (Wildman–Crippen LogP) is 2.95. The van der Waals surface area contributed by atoms with Gasteiger partial charge in [0.1, 0.15) is 6.10 Å². The van der Waals surface area contributed by atoms with Crippen LogP contribution in [0.1, 0.15) is 46.1 Å². The van der Waals surface area contributed by atoms with Gasteiger partial charge in [0.2, 0.25) is 0 Å². The molecule has 1 saturated carbocycles. The average Bonchev–Trinajstić information content (AvgIpc) is 3.00. The molecular formula is C13H20N2O. The summed E-state index contributed by atoms with van der Waals surface area (Å²) in [4.78, 5) is 8.52. The van der Waals surface area contributed by atoms with Gasteiger partial charge in [-0.2, -0.15) is 0 Å². The zero-order valence-corrected chi connectivity index (χ0v) is 10.5. The Balaban J connectivity index is 2.01. The summed E-state index contributed by atoms with van der Waals surface area (Å²) in [7, 11) is 0. The lowest BCUT2D eigenvalue weighted by atomic mass is 9.89. The topological polar surface area (TPSA) is 35.0 Å². The summed E-state index contributed by atoms with van der Waals surface area (Å²) in [6.45, 7) is 8.55. The zero-order valence-electron chi connectivity index (χ0n) is 10.5. The first-order valence-corrected chi connectivity index (χ1v) is 5.96. The smallest absolute Gasteiger partial charge is 0.316 e. The molecule has 1 unspecified atom stereocenters. The Hall–Kier alpha value is -1.12. The highest BCUT2D eigenvalue weighted by Crippen LogP contribution is 2.34. The summed E-state index contributed by atoms with van der Waals surface area (Å²) in [6.07, 6.45) is 6.53. The normalized spacial score (nSPS) is 18.2. The molecule has 1 fully saturated rings. The van der Waals surface area contributed by atoms with E-state index in [0.717, 1.165) is 5.56 Å². The van der Waals surface area contributed by atoms with Crippen LogP contribution in [0, 0.1) is 5.92 Å². The third kappa shape index (κ3) is 2.71. The predicted molar refractivity (Wildman–Crippen MR) is 63.5 cm³/mol. The van der Waals surface area contributed by atoms with E-state index in [1.165, 1.54) is 12.8 Å². The first-order valence-electron chi connectivity index (χ1n) is 5.96. The Labute approximate surface area is 97.3 Å². The quantitative estimate of drug-likeness (QED) is 0.785. The van der Waals surface area contributed by atoms with Crippen molar-refractivity contribution in [2.45, 2.75) is 52.1 Å². The van der Waals surface area contributed by atoms with Crippen LogP contribution in [-0.4, -0.2) is 16.1 Å². The van der Waals surface area contributed by atoms with Crippen molar-refractivity contribution in [3.63, 3.8) is 0 Å². The van der Waals surface area contributed by atoms with E-state index in [4.69, 9.17) is 4.74 Å². The number of nitrogens with zero attached hydrogens (tertiary/aromatic N) is 2. The van der Waals surface area contributed by atoms with Crippen molar-refractivity contribution in [2.24, 2.45) is 5.92 Å². The monoisotopic (exact) mass is 220 g/mol. The van der Waals surface area contributed by atoms with Crippen LogP contribution in [0.15, 0.2) is 12.4 Å². The van der Waals surface area contributed by atoms with E-state index in [1.54, 1.807) is 0 Å². The van der Waals surface area contributed by atoms with E-state index in [0.29, 0.717) is 11.9 Å². The highest BCUT2D eigenvalue weighted by molar-refractivity contribution is 5.16. The largest absolute Gasteiger partial charge is 0.460 e. The van der Waals surface area contributed by atoms with Gasteiger partial charge in [-0.05, 0) is 36.7 Å². The standard InChI is InChI=1S/C13H20N2O/c1-9(10-5-6-10)16-12-14-7-11(8-15-12)13(2,3)4/h7-10H,5-6H2,1-4H3. The second kappa shape index (κ2) is 4.04. The van der Waals surface area contributed by atoms with Crippen molar-refractivity contribution in [1.82, 2.24) is 9.97 Å². The van der Waals surface area contributed by atoms with Gasteiger partial charge in [-0.15, -0.1) is 0 Å². The summed E-state index contributed by atoms with van der Waals surface area (Å²) in [5, 5.41) is 0. The summed E-state index contributed by atoms with van der Waals surface area (Å²) < 4.78 is 5.68. The molecule has 3 nitrogen and oxygen atoms in total. The maximum atomic E-state index is 5.68. The molecule has 3 heteroatoms. The molecule has 1 aliphatic carbocycles. The minimum Gasteiger partial charge on any atom is -0.460 e. The van der Waals surface area contributed by atoms with Gasteiger partial charge in [0.15, 0.2) is 0 Å². The summed E-state index contributed by atoms with van der Waals surface area (Å²) in [6, 6.07) is 0.507. The number of hydrogen-bond donors (Lipinski definition) is 0. The molecule has 1 aliphatic rings. The summed E-state index contributed by atoms with van der Waals surface area (Å²) in [5.74, 6) is 0.714. The van der Waals surface area contributed by atoms with Crippen molar-refractivity contribution < 1.29 is 4.74 Å². The lowest BCUT2D eigenvalue weighted by Gasteiger charge is -2.18. The van der Waals surface area contributed by atoms with E-state index in [-0.39, 0.29) is 11.5 Å². The molecule has 0 spiro atoms. The Bertz CT molecular complexity index is 349. The fourth-order valence-electron chi connectivity index (χ4n) is 1.59. The number of aromatic nitrogens is 2. The first kappa shape index (κ1) is 11.4. The van der Waals surface area contributed by atoms with Gasteiger partial charge in [-0.1, -0.05) is 20.8 Å². The van der Waals surface area contributed by atoms with Crippen LogP contribution in [0.5, 0.6) is 6.01 Å². The van der Waals surface area contributed by atoms with Crippen LogP contribution in [0.2, 0.25) is 0 Å². The van der Waals surface area contributed by atoms with Gasteiger partial charge in [0, 0.05) is 12.4 Å². The molecule has 0 radical (unpaired) electrons. The van der Waals surface area contributed by atoms with E-state index in [1.807, 2.05) is 12.4 Å².